The summed E-state index contributed by atoms with van der Waals surface area (Å²) in [6.45, 7) is 1.98. The van der Waals surface area contributed by atoms with Crippen LogP contribution >= 0.6 is 11.6 Å². The van der Waals surface area contributed by atoms with E-state index in [2.05, 4.69) is 10.2 Å². The smallest absolute Gasteiger partial charge is 0.231 e. The van der Waals surface area contributed by atoms with E-state index in [1.54, 1.807) is 12.1 Å². The number of carbonyl (C=O) groups is 1. The summed E-state index contributed by atoms with van der Waals surface area (Å²) in [5.74, 6) is -1.06. The van der Waals surface area contributed by atoms with Gasteiger partial charge >= 0.3 is 0 Å². The monoisotopic (exact) mass is 261 g/mol. The predicted octanol–water partition coefficient (Wildman–Crippen LogP) is 2.06. The number of primary amides is 1. The summed E-state index contributed by atoms with van der Waals surface area (Å²) < 4.78 is 0. The second-order valence-corrected chi connectivity index (χ2v) is 4.41. The zero-order valence-corrected chi connectivity index (χ0v) is 10.6. The first-order chi connectivity index (χ1) is 8.58. The highest BCUT2D eigenvalue weighted by atomic mass is 35.5. The van der Waals surface area contributed by atoms with Crippen molar-refractivity contribution in [1.82, 2.24) is 10.2 Å². The summed E-state index contributed by atoms with van der Waals surface area (Å²) in [5.41, 5.74) is 7.84. The van der Waals surface area contributed by atoms with Crippen LogP contribution < -0.4 is 5.73 Å². The Balaban J connectivity index is 2.43. The molecule has 0 aliphatic heterocycles. The Morgan fingerprint density at radius 3 is 2.33 bits per heavy atom. The molecule has 1 heterocycles. The third-order valence-corrected chi connectivity index (χ3v) is 2.85. The Kier molecular flexibility index (Phi) is 3.58. The molecule has 2 aromatic rings. The number of halogens is 1. The average Bonchev–Trinajstić information content (AvgIpc) is 2.34. The molecule has 0 spiro atoms. The number of nitrogens with zero attached hydrogens (tertiary/aromatic N) is 2. The molecule has 1 atom stereocenters. The lowest BCUT2D eigenvalue weighted by Crippen LogP contribution is -2.23. The molecular formula is C13H12ClN3O. The third kappa shape index (κ3) is 2.65. The molecule has 0 bridgehead atoms. The second kappa shape index (κ2) is 5.14. The van der Waals surface area contributed by atoms with Crippen LogP contribution in [0.1, 0.15) is 22.7 Å². The van der Waals surface area contributed by atoms with Crippen LogP contribution in [0.25, 0.3) is 0 Å². The fraction of sp³-hybridized carbons (Fsp3) is 0.154. The first-order valence-corrected chi connectivity index (χ1v) is 5.81. The van der Waals surface area contributed by atoms with Crippen LogP contribution in [-0.2, 0) is 4.79 Å². The quantitative estimate of drug-likeness (QED) is 0.919. The van der Waals surface area contributed by atoms with Gasteiger partial charge in [-0.3, -0.25) is 4.79 Å². The van der Waals surface area contributed by atoms with Gasteiger partial charge in [-0.05, 0) is 24.6 Å². The van der Waals surface area contributed by atoms with E-state index in [0.29, 0.717) is 5.69 Å². The van der Waals surface area contributed by atoms with E-state index in [0.717, 1.165) is 11.1 Å². The number of nitrogens with two attached hydrogens (primary N) is 1. The topological polar surface area (TPSA) is 68.9 Å². The fourth-order valence-electron chi connectivity index (χ4n) is 1.72. The van der Waals surface area contributed by atoms with Gasteiger partial charge in [-0.15, -0.1) is 5.10 Å². The maximum atomic E-state index is 11.6. The Hall–Kier alpha value is -1.94. The Morgan fingerprint density at radius 1 is 1.17 bits per heavy atom. The maximum Gasteiger partial charge on any atom is 0.231 e. The molecular weight excluding hydrogens is 250 g/mol. The molecule has 2 N–H and O–H groups in total. The molecule has 1 amide bonds. The molecule has 5 heteroatoms. The number of benzene rings is 1. The first kappa shape index (κ1) is 12.5. The van der Waals surface area contributed by atoms with Crippen molar-refractivity contribution in [3.63, 3.8) is 0 Å². The van der Waals surface area contributed by atoms with Crippen molar-refractivity contribution in [1.29, 1.82) is 0 Å². The van der Waals surface area contributed by atoms with Crippen LogP contribution in [0.2, 0.25) is 5.15 Å². The molecule has 2 rings (SSSR count). The van der Waals surface area contributed by atoms with Crippen LogP contribution in [0.5, 0.6) is 0 Å². The first-order valence-electron chi connectivity index (χ1n) is 5.43. The molecule has 18 heavy (non-hydrogen) atoms. The van der Waals surface area contributed by atoms with Gasteiger partial charge in [0.2, 0.25) is 5.91 Å². The van der Waals surface area contributed by atoms with E-state index in [1.807, 2.05) is 31.2 Å². The fourth-order valence-corrected chi connectivity index (χ4v) is 1.82. The van der Waals surface area contributed by atoms with Crippen molar-refractivity contribution in [3.8, 4) is 0 Å². The molecule has 0 fully saturated rings. The minimum Gasteiger partial charge on any atom is -0.369 e. The molecule has 0 saturated carbocycles. The van der Waals surface area contributed by atoms with Gasteiger partial charge in [-0.1, -0.05) is 41.4 Å². The minimum atomic E-state index is -0.602. The van der Waals surface area contributed by atoms with Gasteiger partial charge in [-0.25, -0.2) is 0 Å². The number of aromatic nitrogens is 2. The molecule has 0 aliphatic rings. The highest BCUT2D eigenvalue weighted by molar-refractivity contribution is 6.29. The summed E-state index contributed by atoms with van der Waals surface area (Å²) >= 11 is 5.67. The van der Waals surface area contributed by atoms with Crippen LogP contribution in [0.3, 0.4) is 0 Å². The SMILES string of the molecule is Cc1ccc(C(C(N)=O)c2ccc(Cl)nn2)cc1. The van der Waals surface area contributed by atoms with Crippen LogP contribution in [0.15, 0.2) is 36.4 Å². The van der Waals surface area contributed by atoms with Crippen molar-refractivity contribution in [2.24, 2.45) is 5.73 Å². The van der Waals surface area contributed by atoms with Gasteiger partial charge in [0.25, 0.3) is 0 Å². The van der Waals surface area contributed by atoms with E-state index in [-0.39, 0.29) is 5.15 Å². The third-order valence-electron chi connectivity index (χ3n) is 2.64. The number of hydrogen-bond donors (Lipinski definition) is 1. The van der Waals surface area contributed by atoms with Gasteiger partial charge < -0.3 is 5.73 Å². The Morgan fingerprint density at radius 2 is 1.83 bits per heavy atom. The number of carbonyl (C=O) groups excluding carboxylic acids is 1. The Labute approximate surface area is 110 Å². The molecule has 0 saturated heterocycles. The predicted molar refractivity (Wildman–Crippen MR) is 69.3 cm³/mol. The van der Waals surface area contributed by atoms with E-state index in [9.17, 15) is 4.79 Å². The zero-order chi connectivity index (χ0) is 13.1. The van der Waals surface area contributed by atoms with Crippen molar-refractivity contribution in [2.75, 3.05) is 0 Å². The van der Waals surface area contributed by atoms with Crippen molar-refractivity contribution < 1.29 is 4.79 Å². The summed E-state index contributed by atoms with van der Waals surface area (Å²) in [7, 11) is 0. The lowest BCUT2D eigenvalue weighted by atomic mass is 9.94. The highest BCUT2D eigenvalue weighted by Gasteiger charge is 2.21. The molecule has 0 aliphatic carbocycles. The van der Waals surface area contributed by atoms with Crippen LogP contribution in [-0.4, -0.2) is 16.1 Å². The summed E-state index contributed by atoms with van der Waals surface area (Å²) in [5, 5.41) is 7.93. The number of hydrogen-bond acceptors (Lipinski definition) is 3. The zero-order valence-electron chi connectivity index (χ0n) is 9.80. The van der Waals surface area contributed by atoms with Gasteiger partial charge in [-0.2, -0.15) is 5.10 Å². The van der Waals surface area contributed by atoms with Gasteiger partial charge in [0.15, 0.2) is 5.15 Å². The van der Waals surface area contributed by atoms with Gasteiger partial charge in [0.05, 0.1) is 5.69 Å². The normalized spacial score (nSPS) is 12.1. The number of aryl methyl sites for hydroxylation is 1. The van der Waals surface area contributed by atoms with E-state index >= 15 is 0 Å². The Bertz CT molecular complexity index is 506. The largest absolute Gasteiger partial charge is 0.369 e. The lowest BCUT2D eigenvalue weighted by Gasteiger charge is -2.12. The van der Waals surface area contributed by atoms with E-state index in [1.165, 1.54) is 0 Å². The molecule has 92 valence electrons. The van der Waals surface area contributed by atoms with Crippen molar-refractivity contribution in [3.05, 3.63) is 58.4 Å². The van der Waals surface area contributed by atoms with E-state index in [4.69, 9.17) is 17.3 Å². The lowest BCUT2D eigenvalue weighted by molar-refractivity contribution is -0.118. The maximum absolute atomic E-state index is 11.6. The number of amides is 1. The second-order valence-electron chi connectivity index (χ2n) is 4.03. The summed E-state index contributed by atoms with van der Waals surface area (Å²) in [6, 6.07) is 10.8. The molecule has 0 radical (unpaired) electrons. The summed E-state index contributed by atoms with van der Waals surface area (Å²) in [4.78, 5) is 11.6. The van der Waals surface area contributed by atoms with Gasteiger partial charge in [0, 0.05) is 0 Å². The molecule has 1 aromatic carbocycles. The average molecular weight is 262 g/mol. The standard InChI is InChI=1S/C13H12ClN3O/c1-8-2-4-9(5-3-8)12(13(15)18)10-6-7-11(14)17-16-10/h2-7,12H,1H3,(H2,15,18). The molecule has 1 aromatic heterocycles. The molecule has 1 unspecified atom stereocenters. The minimum absolute atomic E-state index is 0.283. The van der Waals surface area contributed by atoms with Crippen LogP contribution in [0.4, 0.5) is 0 Å². The summed E-state index contributed by atoms with van der Waals surface area (Å²) in [6.07, 6.45) is 0. The van der Waals surface area contributed by atoms with Crippen molar-refractivity contribution in [2.45, 2.75) is 12.8 Å². The van der Waals surface area contributed by atoms with Gasteiger partial charge in [0.1, 0.15) is 5.92 Å². The number of rotatable bonds is 3. The molecule has 4 nitrogen and oxygen atoms in total. The van der Waals surface area contributed by atoms with Crippen LogP contribution in [0, 0.1) is 6.92 Å². The van der Waals surface area contributed by atoms with E-state index < -0.39 is 11.8 Å². The highest BCUT2D eigenvalue weighted by Crippen LogP contribution is 2.23. The van der Waals surface area contributed by atoms with Crippen molar-refractivity contribution >= 4 is 17.5 Å².